The Kier molecular flexibility index (Phi) is 7.80. The third-order valence-electron chi connectivity index (χ3n) is 5.68. The van der Waals surface area contributed by atoms with Crippen molar-refractivity contribution in [3.8, 4) is 0 Å². The monoisotopic (exact) mass is 487 g/mol. The zero-order chi connectivity index (χ0) is 24.3. The molecule has 8 nitrogen and oxygen atoms in total. The third kappa shape index (κ3) is 5.56. The Morgan fingerprint density at radius 3 is 2.67 bits per heavy atom. The molecule has 0 aliphatic carbocycles. The molecule has 0 spiro atoms. The molecule has 2 aliphatic heterocycles. The molecule has 2 aromatic rings. The number of hydrogen-bond acceptors (Lipinski definition) is 5. The van der Waals surface area contributed by atoms with Crippen LogP contribution >= 0.6 is 11.3 Å². The van der Waals surface area contributed by atoms with E-state index in [0.717, 1.165) is 25.6 Å². The van der Waals surface area contributed by atoms with Crippen LogP contribution in [0.4, 0.5) is 13.2 Å². The van der Waals surface area contributed by atoms with Crippen LogP contribution in [-0.2, 0) is 24.1 Å². The Bertz CT molecular complexity index is 1000. The van der Waals surface area contributed by atoms with E-state index in [9.17, 15) is 27.9 Å². The fourth-order valence-corrected chi connectivity index (χ4v) is 4.68. The van der Waals surface area contributed by atoms with Gasteiger partial charge in [0, 0.05) is 19.1 Å². The zero-order valence-electron chi connectivity index (χ0n) is 18.3. The molecule has 12 heteroatoms. The van der Waals surface area contributed by atoms with Crippen molar-refractivity contribution in [1.29, 1.82) is 0 Å². The van der Waals surface area contributed by atoms with Gasteiger partial charge in [-0.15, -0.1) is 11.3 Å². The number of fused-ring (bicyclic) bond motifs is 1. The minimum absolute atomic E-state index is 0.0642. The van der Waals surface area contributed by atoms with E-state index in [1.165, 1.54) is 6.07 Å². The zero-order valence-corrected chi connectivity index (χ0v) is 19.1. The molecule has 0 radical (unpaired) electrons. The van der Waals surface area contributed by atoms with Crippen molar-refractivity contribution in [3.05, 3.63) is 44.8 Å². The molecule has 0 unspecified atom stereocenters. The number of nitrogens with one attached hydrogen (secondary N) is 1. The molecular formula is C21H26F3N4O4S-. The second-order valence-electron chi connectivity index (χ2n) is 7.91. The lowest BCUT2D eigenvalue weighted by Crippen LogP contribution is -2.35. The molecule has 33 heavy (non-hydrogen) atoms. The van der Waals surface area contributed by atoms with Crippen LogP contribution in [0.5, 0.6) is 0 Å². The second-order valence-corrected chi connectivity index (χ2v) is 8.97. The van der Waals surface area contributed by atoms with E-state index >= 15 is 0 Å². The number of ether oxygens (including phenoxy) is 1. The summed E-state index contributed by atoms with van der Waals surface area (Å²) < 4.78 is 43.4. The van der Waals surface area contributed by atoms with Gasteiger partial charge in [-0.05, 0) is 25.8 Å². The van der Waals surface area contributed by atoms with Gasteiger partial charge in [-0.1, -0.05) is 19.4 Å². The predicted molar refractivity (Wildman–Crippen MR) is 115 cm³/mol. The van der Waals surface area contributed by atoms with E-state index in [4.69, 9.17) is 10.5 Å². The van der Waals surface area contributed by atoms with Crippen LogP contribution in [0.1, 0.15) is 75.6 Å². The summed E-state index contributed by atoms with van der Waals surface area (Å²) in [6, 6.07) is 1.09. The largest absolute Gasteiger partial charge is 0.669 e. The highest BCUT2D eigenvalue weighted by atomic mass is 32.1. The van der Waals surface area contributed by atoms with Crippen LogP contribution in [0, 0.1) is 0 Å². The number of amides is 1. The molecule has 0 aromatic carbocycles. The second kappa shape index (κ2) is 10.2. The number of carboxylic acids is 1. The molecule has 2 aliphatic rings. The summed E-state index contributed by atoms with van der Waals surface area (Å²) in [5.74, 6) is -1.07. The Morgan fingerprint density at radius 2 is 2.12 bits per heavy atom. The molecule has 182 valence electrons. The molecule has 4 rings (SSSR count). The van der Waals surface area contributed by atoms with Gasteiger partial charge >= 0.3 is 12.1 Å². The predicted octanol–water partition coefficient (Wildman–Crippen LogP) is 5.01. The van der Waals surface area contributed by atoms with Crippen LogP contribution in [-0.4, -0.2) is 50.6 Å². The van der Waals surface area contributed by atoms with Gasteiger partial charge in [0.05, 0.1) is 35.7 Å². The average molecular weight is 488 g/mol. The molecule has 1 amide bonds. The smallest absolute Gasteiger partial charge is 0.427 e. The van der Waals surface area contributed by atoms with Crippen LogP contribution in [0.25, 0.3) is 5.73 Å². The van der Waals surface area contributed by atoms with Crippen molar-refractivity contribution in [1.82, 2.24) is 14.5 Å². The van der Waals surface area contributed by atoms with Crippen LogP contribution < -0.4 is 0 Å². The standard InChI is InChI=1S/C14H18N2O4.C7H8F3N2S/c1-9-3-2-4-15(9)13(17)11-7-10(14(18)19)12-8-20-6-5-16(11)12;1-2-4(11)6-12-3-5(13-6)7(8,9)10/h7,9H,2-6,8H2,1H3,(H,18,19);3-4,11H,2H2,1H3/q;-1/t9-;4-/m01/s1. The summed E-state index contributed by atoms with van der Waals surface area (Å²) >= 11 is 0.549. The van der Waals surface area contributed by atoms with Crippen molar-refractivity contribution < 1.29 is 32.6 Å². The van der Waals surface area contributed by atoms with Gasteiger partial charge in [0.1, 0.15) is 10.6 Å². The molecule has 0 saturated carbocycles. The molecule has 2 aromatic heterocycles. The van der Waals surface area contributed by atoms with Crippen LogP contribution in [0.3, 0.4) is 0 Å². The SMILES string of the molecule is CC[C@@H]([NH-])c1ncc(C(F)(F)F)s1.C[C@H]1CCCN1C(=O)c1cc(C(=O)O)c2n1CCOC2. The first-order valence-electron chi connectivity index (χ1n) is 10.6. The number of aromatic nitrogens is 2. The summed E-state index contributed by atoms with van der Waals surface area (Å²) in [5, 5.41) is 9.49. The van der Waals surface area contributed by atoms with Crippen LogP contribution in [0.15, 0.2) is 12.3 Å². The number of thiazole rings is 1. The fraction of sp³-hybridized carbons (Fsp3) is 0.571. The lowest BCUT2D eigenvalue weighted by Gasteiger charge is -2.24. The maximum absolute atomic E-state index is 12.6. The van der Waals surface area contributed by atoms with E-state index in [1.807, 2.05) is 11.8 Å². The third-order valence-corrected chi connectivity index (χ3v) is 6.84. The van der Waals surface area contributed by atoms with Crippen molar-refractivity contribution in [2.24, 2.45) is 0 Å². The number of rotatable bonds is 4. The first-order chi connectivity index (χ1) is 15.5. The quantitative estimate of drug-likeness (QED) is 0.652. The normalized spacial score (nSPS) is 19.0. The number of halogens is 3. The number of hydrogen-bond donors (Lipinski definition) is 1. The first kappa shape index (κ1) is 25.2. The van der Waals surface area contributed by atoms with Crippen molar-refractivity contribution >= 4 is 23.2 Å². The fourth-order valence-electron chi connectivity index (χ4n) is 3.82. The Morgan fingerprint density at radius 1 is 1.39 bits per heavy atom. The summed E-state index contributed by atoms with van der Waals surface area (Å²) in [6.45, 7) is 5.82. The highest BCUT2D eigenvalue weighted by molar-refractivity contribution is 7.11. The molecule has 2 N–H and O–H groups in total. The molecule has 1 saturated heterocycles. The highest BCUT2D eigenvalue weighted by Gasteiger charge is 2.33. The number of nitrogens with zero attached hydrogens (tertiary/aromatic N) is 3. The molecule has 2 atom stereocenters. The van der Waals surface area contributed by atoms with Crippen molar-refractivity contribution in [2.45, 2.75) is 64.5 Å². The Labute approximate surface area is 193 Å². The number of likely N-dealkylation sites (tertiary alicyclic amines) is 1. The summed E-state index contributed by atoms with van der Waals surface area (Å²) in [6.07, 6.45) is -1.05. The maximum Gasteiger partial charge on any atom is 0.427 e. The first-order valence-corrected chi connectivity index (χ1v) is 11.4. The van der Waals surface area contributed by atoms with Crippen molar-refractivity contribution in [3.63, 3.8) is 0 Å². The molecule has 1 fully saturated rings. The van der Waals surface area contributed by atoms with Gasteiger partial charge in [-0.3, -0.25) is 9.78 Å². The maximum atomic E-state index is 12.6. The minimum atomic E-state index is -4.33. The number of alkyl halides is 3. The van der Waals surface area contributed by atoms with Gasteiger partial charge < -0.3 is 25.0 Å². The van der Waals surface area contributed by atoms with E-state index < -0.39 is 23.1 Å². The van der Waals surface area contributed by atoms with Crippen LogP contribution in [0.2, 0.25) is 0 Å². The average Bonchev–Trinajstić information content (AvgIpc) is 3.50. The van der Waals surface area contributed by atoms with E-state index in [1.54, 1.807) is 11.5 Å². The van der Waals surface area contributed by atoms with Gasteiger partial charge in [0.2, 0.25) is 0 Å². The van der Waals surface area contributed by atoms with Gasteiger partial charge in [-0.2, -0.15) is 13.2 Å². The van der Waals surface area contributed by atoms with Gasteiger partial charge in [-0.25, -0.2) is 4.79 Å². The number of carboxylic acid groups (broad SMARTS) is 1. The van der Waals surface area contributed by atoms with Gasteiger partial charge in [0.15, 0.2) is 0 Å². The summed E-state index contributed by atoms with van der Waals surface area (Å²) in [7, 11) is 0. The van der Waals surface area contributed by atoms with E-state index in [-0.39, 0.29) is 29.1 Å². The number of carbonyl (C=O) groups is 2. The van der Waals surface area contributed by atoms with E-state index in [2.05, 4.69) is 4.98 Å². The molecule has 0 bridgehead atoms. The number of aromatic carboxylic acids is 1. The topological polar surface area (TPSA) is 108 Å². The molecule has 4 heterocycles. The Hall–Kier alpha value is -2.44. The number of carbonyl (C=O) groups excluding carboxylic acids is 1. The lowest BCUT2D eigenvalue weighted by molar-refractivity contribution is -0.134. The lowest BCUT2D eigenvalue weighted by atomic mass is 10.2. The Balaban J connectivity index is 0.000000205. The highest BCUT2D eigenvalue weighted by Crippen LogP contribution is 2.36. The van der Waals surface area contributed by atoms with Gasteiger partial charge in [0.25, 0.3) is 5.91 Å². The minimum Gasteiger partial charge on any atom is -0.669 e. The summed E-state index contributed by atoms with van der Waals surface area (Å²) in [5.41, 5.74) is 8.62. The van der Waals surface area contributed by atoms with E-state index in [0.29, 0.717) is 42.3 Å². The molecular weight excluding hydrogens is 461 g/mol. The van der Waals surface area contributed by atoms with Crippen molar-refractivity contribution in [2.75, 3.05) is 13.2 Å². The summed E-state index contributed by atoms with van der Waals surface area (Å²) in [4.78, 5) is 28.6.